The van der Waals surface area contributed by atoms with Crippen molar-refractivity contribution in [1.29, 1.82) is 0 Å². The second kappa shape index (κ2) is 9.79. The number of nitro groups is 1. The van der Waals surface area contributed by atoms with Gasteiger partial charge in [-0.25, -0.2) is 4.79 Å². The van der Waals surface area contributed by atoms with Crippen LogP contribution in [0.2, 0.25) is 0 Å². The first kappa shape index (κ1) is 25.8. The molecule has 10 heteroatoms. The minimum Gasteiger partial charge on any atom is -0.490 e. The summed E-state index contributed by atoms with van der Waals surface area (Å²) in [6, 6.07) is 3.46. The summed E-state index contributed by atoms with van der Waals surface area (Å²) >= 11 is 0. The Kier molecular flexibility index (Phi) is 7.42. The number of amides is 1. The number of hydrogen-bond acceptors (Lipinski definition) is 7. The van der Waals surface area contributed by atoms with Crippen LogP contribution in [0.4, 0.5) is 16.2 Å². The zero-order valence-electron chi connectivity index (χ0n) is 20.5. The van der Waals surface area contributed by atoms with Crippen molar-refractivity contribution in [2.45, 2.75) is 45.2 Å². The molecule has 0 bridgehead atoms. The Balaban J connectivity index is 1.78. The molecular weight excluding hydrogens is 440 g/mol. The molecule has 0 radical (unpaired) electrons. The van der Waals surface area contributed by atoms with Gasteiger partial charge >= 0.3 is 11.8 Å². The third kappa shape index (κ3) is 4.56. The largest absolute Gasteiger partial charge is 0.490 e. The maximum atomic E-state index is 12.0. The molecule has 2 saturated heterocycles. The summed E-state index contributed by atoms with van der Waals surface area (Å²) in [4.78, 5) is 28.8. The fourth-order valence-corrected chi connectivity index (χ4v) is 5.34. The van der Waals surface area contributed by atoms with Crippen molar-refractivity contribution in [1.82, 2.24) is 9.80 Å². The maximum absolute atomic E-state index is 12.0. The van der Waals surface area contributed by atoms with E-state index in [-0.39, 0.29) is 24.1 Å². The summed E-state index contributed by atoms with van der Waals surface area (Å²) in [5.41, 5.74) is 0.137. The number of rotatable bonds is 6. The highest BCUT2D eigenvalue weighted by molar-refractivity contribution is 5.73. The zero-order valence-corrected chi connectivity index (χ0v) is 20.5. The molecule has 0 aromatic heterocycles. The number of carbonyl (C=O) groups is 1. The molecule has 2 N–H and O–H groups in total. The van der Waals surface area contributed by atoms with Crippen LogP contribution in [-0.4, -0.2) is 89.1 Å². The van der Waals surface area contributed by atoms with Gasteiger partial charge in [-0.2, -0.15) is 0 Å². The Morgan fingerprint density at radius 3 is 2.41 bits per heavy atom. The van der Waals surface area contributed by atoms with Crippen molar-refractivity contribution in [3.8, 4) is 5.75 Å². The number of piperazine rings is 1. The number of anilines is 1. The highest BCUT2D eigenvalue weighted by Crippen LogP contribution is 2.41. The van der Waals surface area contributed by atoms with Crippen LogP contribution >= 0.6 is 0 Å². The van der Waals surface area contributed by atoms with Gasteiger partial charge in [0.2, 0.25) is 0 Å². The standard InChI is InChI=1S/C24H36N4O6/c1-6-17-13-20(28(32)33)21(34-5)14-19(17)25-9-7-18(8-10-25)26-11-12-27(22(30)31)24(15-26,16-29)23(2,3)4/h6,13-14,18,29H,1,7-12,15-16H2,2-5H3,(H,30,31). The number of benzene rings is 1. The first-order valence-electron chi connectivity index (χ1n) is 11.6. The predicted octanol–water partition coefficient (Wildman–Crippen LogP) is 3.29. The number of methoxy groups -OCH3 is 1. The highest BCUT2D eigenvalue weighted by atomic mass is 16.6. The van der Waals surface area contributed by atoms with Gasteiger partial charge in [0.05, 0.1) is 24.2 Å². The number of aliphatic hydroxyl groups excluding tert-OH is 1. The van der Waals surface area contributed by atoms with E-state index in [1.165, 1.54) is 18.1 Å². The molecule has 1 amide bonds. The van der Waals surface area contributed by atoms with Crippen LogP contribution in [-0.2, 0) is 0 Å². The topological polar surface area (TPSA) is 120 Å². The molecule has 34 heavy (non-hydrogen) atoms. The van der Waals surface area contributed by atoms with E-state index < -0.39 is 22.0 Å². The van der Waals surface area contributed by atoms with Crippen LogP contribution in [0.5, 0.6) is 5.75 Å². The summed E-state index contributed by atoms with van der Waals surface area (Å²) in [6.07, 6.45) is 2.34. The van der Waals surface area contributed by atoms with E-state index >= 15 is 0 Å². The average Bonchev–Trinajstić information content (AvgIpc) is 2.81. The van der Waals surface area contributed by atoms with Crippen molar-refractivity contribution in [3.05, 3.63) is 34.4 Å². The van der Waals surface area contributed by atoms with Gasteiger partial charge in [0, 0.05) is 62.1 Å². The Morgan fingerprint density at radius 1 is 1.29 bits per heavy atom. The van der Waals surface area contributed by atoms with Gasteiger partial charge in [-0.05, 0) is 18.3 Å². The smallest absolute Gasteiger partial charge is 0.407 e. The van der Waals surface area contributed by atoms with E-state index in [2.05, 4.69) is 16.4 Å². The van der Waals surface area contributed by atoms with Gasteiger partial charge < -0.3 is 19.8 Å². The number of piperidine rings is 1. The number of ether oxygens (including phenoxy) is 1. The summed E-state index contributed by atoms with van der Waals surface area (Å²) < 4.78 is 5.26. The van der Waals surface area contributed by atoms with Crippen LogP contribution < -0.4 is 9.64 Å². The predicted molar refractivity (Wildman–Crippen MR) is 131 cm³/mol. The van der Waals surface area contributed by atoms with Crippen LogP contribution in [0.15, 0.2) is 18.7 Å². The fraction of sp³-hybridized carbons (Fsp3) is 0.625. The summed E-state index contributed by atoms with van der Waals surface area (Å²) in [7, 11) is 1.42. The second-order valence-electron chi connectivity index (χ2n) is 10.1. The summed E-state index contributed by atoms with van der Waals surface area (Å²) in [6.45, 7) is 12.5. The van der Waals surface area contributed by atoms with E-state index in [0.29, 0.717) is 25.2 Å². The minimum atomic E-state index is -0.998. The molecule has 1 atom stereocenters. The Bertz CT molecular complexity index is 938. The van der Waals surface area contributed by atoms with Crippen molar-refractivity contribution < 1.29 is 24.7 Å². The average molecular weight is 477 g/mol. The van der Waals surface area contributed by atoms with Crippen LogP contribution in [0.3, 0.4) is 0 Å². The molecule has 2 fully saturated rings. The molecule has 188 valence electrons. The van der Waals surface area contributed by atoms with Gasteiger partial charge in [-0.1, -0.05) is 33.4 Å². The SMILES string of the molecule is C=Cc1cc([N+](=O)[O-])c(OC)cc1N1CCC(N2CCN(C(=O)O)C(CO)(C(C)(C)C)C2)CC1. The van der Waals surface area contributed by atoms with Crippen LogP contribution in [0.1, 0.15) is 39.2 Å². The Labute approximate surface area is 200 Å². The third-order valence-corrected chi connectivity index (χ3v) is 7.55. The van der Waals surface area contributed by atoms with Crippen molar-refractivity contribution in [2.75, 3.05) is 51.3 Å². The summed E-state index contributed by atoms with van der Waals surface area (Å²) in [5, 5.41) is 31.5. The number of nitro benzene ring substituents is 1. The van der Waals surface area contributed by atoms with E-state index in [4.69, 9.17) is 4.74 Å². The molecule has 10 nitrogen and oxygen atoms in total. The number of carboxylic acid groups (broad SMARTS) is 1. The van der Waals surface area contributed by atoms with Crippen molar-refractivity contribution >= 4 is 23.5 Å². The van der Waals surface area contributed by atoms with Crippen LogP contribution in [0.25, 0.3) is 6.08 Å². The van der Waals surface area contributed by atoms with E-state index in [0.717, 1.165) is 31.6 Å². The van der Waals surface area contributed by atoms with E-state index in [9.17, 15) is 25.1 Å². The summed E-state index contributed by atoms with van der Waals surface area (Å²) in [5.74, 6) is 0.218. The van der Waals surface area contributed by atoms with Gasteiger partial charge in [0.25, 0.3) is 0 Å². The number of nitrogens with zero attached hydrogens (tertiary/aromatic N) is 4. The zero-order chi connectivity index (χ0) is 25.3. The van der Waals surface area contributed by atoms with E-state index in [1.807, 2.05) is 20.8 Å². The normalized spacial score (nSPS) is 22.5. The number of aliphatic hydroxyl groups is 1. The minimum absolute atomic E-state index is 0.0881. The lowest BCUT2D eigenvalue weighted by atomic mass is 9.71. The maximum Gasteiger partial charge on any atom is 0.407 e. The third-order valence-electron chi connectivity index (χ3n) is 7.55. The molecule has 2 aliphatic heterocycles. The molecule has 0 spiro atoms. The molecule has 1 aromatic rings. The highest BCUT2D eigenvalue weighted by Gasteiger charge is 2.52. The molecule has 2 aliphatic rings. The van der Waals surface area contributed by atoms with E-state index in [1.54, 1.807) is 12.1 Å². The molecule has 1 unspecified atom stereocenters. The number of hydrogen-bond donors (Lipinski definition) is 2. The molecule has 3 rings (SSSR count). The van der Waals surface area contributed by atoms with Gasteiger partial charge in [0.1, 0.15) is 0 Å². The molecular formula is C24H36N4O6. The molecule has 2 heterocycles. The fourth-order valence-electron chi connectivity index (χ4n) is 5.34. The molecule has 0 aliphatic carbocycles. The lowest BCUT2D eigenvalue weighted by Crippen LogP contribution is -2.72. The monoisotopic (exact) mass is 476 g/mol. The second-order valence-corrected chi connectivity index (χ2v) is 10.1. The van der Waals surface area contributed by atoms with Crippen molar-refractivity contribution in [3.63, 3.8) is 0 Å². The van der Waals surface area contributed by atoms with Gasteiger partial charge in [-0.15, -0.1) is 0 Å². The van der Waals surface area contributed by atoms with Gasteiger partial charge in [0.15, 0.2) is 5.75 Å². The van der Waals surface area contributed by atoms with Crippen LogP contribution in [0, 0.1) is 15.5 Å². The van der Waals surface area contributed by atoms with Crippen molar-refractivity contribution in [2.24, 2.45) is 5.41 Å². The van der Waals surface area contributed by atoms with Gasteiger partial charge in [-0.3, -0.25) is 19.9 Å². The molecule has 1 aromatic carbocycles. The molecule has 0 saturated carbocycles. The first-order valence-corrected chi connectivity index (χ1v) is 11.6. The first-order chi connectivity index (χ1) is 16.0. The lowest BCUT2D eigenvalue weighted by Gasteiger charge is -2.57. The Morgan fingerprint density at radius 2 is 1.94 bits per heavy atom. The lowest BCUT2D eigenvalue weighted by molar-refractivity contribution is -0.385. The quantitative estimate of drug-likeness (QED) is 0.474. The Hall–Kier alpha value is -2.85.